The minimum Gasteiger partial charge on any atom is -0.467 e. The van der Waals surface area contributed by atoms with Crippen molar-refractivity contribution in [2.24, 2.45) is 10.1 Å². The molecule has 0 saturated heterocycles. The molecule has 21 heavy (non-hydrogen) atoms. The Balaban J connectivity index is 1.71. The highest BCUT2D eigenvalue weighted by molar-refractivity contribution is 8.14. The van der Waals surface area contributed by atoms with Crippen molar-refractivity contribution in [1.29, 1.82) is 0 Å². The summed E-state index contributed by atoms with van der Waals surface area (Å²) in [4.78, 5) is 15.4. The van der Waals surface area contributed by atoms with Gasteiger partial charge >= 0.3 is 0 Å². The summed E-state index contributed by atoms with van der Waals surface area (Å²) in [6.45, 7) is 0. The number of hydrogen-bond donors (Lipinski definition) is 0. The van der Waals surface area contributed by atoms with Gasteiger partial charge in [0.15, 0.2) is 5.17 Å². The zero-order valence-electron chi connectivity index (χ0n) is 10.9. The number of hydrogen-bond acceptors (Lipinski definition) is 6. The standard InChI is InChI=1S/C14H11N3O3S/c18-13-8-21-14(15-13)17-10(12-4-2-6-20-12)7-9(16-17)11-3-1-5-19-11/h1-6,10H,7-8H2. The summed E-state index contributed by atoms with van der Waals surface area (Å²) in [6, 6.07) is 7.34. The number of aliphatic imine (C=N–C) groups is 1. The monoisotopic (exact) mass is 301 g/mol. The Morgan fingerprint density at radius 3 is 2.76 bits per heavy atom. The largest absolute Gasteiger partial charge is 0.467 e. The van der Waals surface area contributed by atoms with Crippen molar-refractivity contribution in [3.8, 4) is 0 Å². The lowest BCUT2D eigenvalue weighted by Gasteiger charge is -2.20. The van der Waals surface area contributed by atoms with E-state index >= 15 is 0 Å². The second-order valence-electron chi connectivity index (χ2n) is 4.68. The molecule has 0 bridgehead atoms. The van der Waals surface area contributed by atoms with Crippen LogP contribution in [0, 0.1) is 0 Å². The highest BCUT2D eigenvalue weighted by atomic mass is 32.2. The summed E-state index contributed by atoms with van der Waals surface area (Å²) < 4.78 is 10.9. The normalized spacial score (nSPS) is 21.8. The summed E-state index contributed by atoms with van der Waals surface area (Å²) in [5, 5.41) is 6.95. The van der Waals surface area contributed by atoms with Gasteiger partial charge in [-0.05, 0) is 24.3 Å². The number of thioether (sulfide) groups is 1. The number of rotatable bonds is 2. The first-order valence-corrected chi connectivity index (χ1v) is 7.48. The third-order valence-electron chi connectivity index (χ3n) is 3.33. The van der Waals surface area contributed by atoms with Crippen LogP contribution in [-0.2, 0) is 4.79 Å². The Kier molecular flexibility index (Phi) is 2.92. The molecule has 0 radical (unpaired) electrons. The van der Waals surface area contributed by atoms with Gasteiger partial charge < -0.3 is 8.83 Å². The Hall–Kier alpha value is -2.28. The van der Waals surface area contributed by atoms with Gasteiger partial charge in [-0.25, -0.2) is 5.01 Å². The average molecular weight is 301 g/mol. The maximum atomic E-state index is 11.4. The van der Waals surface area contributed by atoms with Crippen LogP contribution in [0.3, 0.4) is 0 Å². The Morgan fingerprint density at radius 1 is 1.24 bits per heavy atom. The third kappa shape index (κ3) is 2.19. The molecule has 0 N–H and O–H groups in total. The number of furan rings is 2. The second-order valence-corrected chi connectivity index (χ2v) is 5.62. The third-order valence-corrected chi connectivity index (χ3v) is 4.26. The molecular formula is C14H11N3O3S. The van der Waals surface area contributed by atoms with E-state index in [1.54, 1.807) is 17.5 Å². The molecule has 0 aromatic carbocycles. The van der Waals surface area contributed by atoms with Gasteiger partial charge in [0.05, 0.1) is 18.3 Å². The van der Waals surface area contributed by atoms with Crippen LogP contribution in [0.1, 0.15) is 24.0 Å². The molecule has 106 valence electrons. The molecule has 0 aliphatic carbocycles. The van der Waals surface area contributed by atoms with E-state index in [-0.39, 0.29) is 11.9 Å². The zero-order valence-corrected chi connectivity index (χ0v) is 11.7. The van der Waals surface area contributed by atoms with Crippen molar-refractivity contribution >= 4 is 28.5 Å². The molecule has 2 aromatic heterocycles. The predicted molar refractivity (Wildman–Crippen MR) is 78.1 cm³/mol. The van der Waals surface area contributed by atoms with E-state index < -0.39 is 0 Å². The SMILES string of the molecule is O=C1CSC(N2N=C(c3ccco3)CC2c2ccco2)=N1. The second kappa shape index (κ2) is 4.92. The zero-order chi connectivity index (χ0) is 14.2. The molecule has 1 amide bonds. The van der Waals surface area contributed by atoms with E-state index in [4.69, 9.17) is 8.83 Å². The molecule has 4 rings (SSSR count). The summed E-state index contributed by atoms with van der Waals surface area (Å²) >= 11 is 1.40. The molecule has 0 saturated carbocycles. The van der Waals surface area contributed by atoms with Crippen molar-refractivity contribution in [2.45, 2.75) is 12.5 Å². The van der Waals surface area contributed by atoms with E-state index in [0.29, 0.717) is 17.3 Å². The molecule has 4 heterocycles. The maximum Gasteiger partial charge on any atom is 0.258 e. The van der Waals surface area contributed by atoms with Crippen LogP contribution >= 0.6 is 11.8 Å². The lowest BCUT2D eigenvalue weighted by Crippen LogP contribution is -2.23. The van der Waals surface area contributed by atoms with E-state index in [9.17, 15) is 4.79 Å². The number of nitrogens with zero attached hydrogens (tertiary/aromatic N) is 3. The van der Waals surface area contributed by atoms with Gasteiger partial charge in [0, 0.05) is 6.42 Å². The molecule has 6 nitrogen and oxygen atoms in total. The number of hydrazone groups is 1. The molecular weight excluding hydrogens is 290 g/mol. The number of carbonyl (C=O) groups excluding carboxylic acids is 1. The van der Waals surface area contributed by atoms with Crippen molar-refractivity contribution in [3.05, 3.63) is 48.3 Å². The lowest BCUT2D eigenvalue weighted by atomic mass is 10.1. The van der Waals surface area contributed by atoms with Gasteiger partial charge in [-0.3, -0.25) is 4.79 Å². The minimum atomic E-state index is -0.130. The fraction of sp³-hybridized carbons (Fsp3) is 0.214. The number of amidine groups is 1. The van der Waals surface area contributed by atoms with Gasteiger partial charge in [0.1, 0.15) is 23.3 Å². The van der Waals surface area contributed by atoms with Crippen LogP contribution in [0.2, 0.25) is 0 Å². The first-order chi connectivity index (χ1) is 10.3. The van der Waals surface area contributed by atoms with Gasteiger partial charge in [-0.2, -0.15) is 10.1 Å². The molecule has 2 aliphatic heterocycles. The minimum absolute atomic E-state index is 0.0998. The smallest absolute Gasteiger partial charge is 0.258 e. The summed E-state index contributed by atoms with van der Waals surface area (Å²) in [7, 11) is 0. The quantitative estimate of drug-likeness (QED) is 0.852. The highest BCUT2D eigenvalue weighted by Crippen LogP contribution is 2.36. The molecule has 7 heteroatoms. The molecule has 2 aliphatic rings. The fourth-order valence-electron chi connectivity index (χ4n) is 2.40. The Bertz CT molecular complexity index is 719. The maximum absolute atomic E-state index is 11.4. The number of amides is 1. The van der Waals surface area contributed by atoms with Crippen molar-refractivity contribution < 1.29 is 13.6 Å². The van der Waals surface area contributed by atoms with Crippen LogP contribution in [-0.4, -0.2) is 27.5 Å². The first kappa shape index (κ1) is 12.5. The summed E-state index contributed by atoms with van der Waals surface area (Å²) in [5.74, 6) is 1.75. The topological polar surface area (TPSA) is 71.3 Å². The van der Waals surface area contributed by atoms with E-state index in [1.807, 2.05) is 24.3 Å². The Labute approximate surface area is 124 Å². The van der Waals surface area contributed by atoms with Crippen LogP contribution < -0.4 is 0 Å². The van der Waals surface area contributed by atoms with Crippen molar-refractivity contribution in [3.63, 3.8) is 0 Å². The predicted octanol–water partition coefficient (Wildman–Crippen LogP) is 2.65. The Morgan fingerprint density at radius 2 is 2.10 bits per heavy atom. The fourth-order valence-corrected chi connectivity index (χ4v) is 3.18. The molecule has 2 aromatic rings. The van der Waals surface area contributed by atoms with E-state index in [1.165, 1.54) is 11.8 Å². The van der Waals surface area contributed by atoms with Crippen molar-refractivity contribution in [2.75, 3.05) is 5.75 Å². The summed E-state index contributed by atoms with van der Waals surface area (Å²) in [5.41, 5.74) is 0.823. The van der Waals surface area contributed by atoms with Gasteiger partial charge in [-0.15, -0.1) is 0 Å². The molecule has 0 spiro atoms. The van der Waals surface area contributed by atoms with Gasteiger partial charge in [0.2, 0.25) is 0 Å². The van der Waals surface area contributed by atoms with E-state index in [0.717, 1.165) is 17.2 Å². The first-order valence-electron chi connectivity index (χ1n) is 6.49. The van der Waals surface area contributed by atoms with Crippen LogP contribution in [0.15, 0.2) is 55.7 Å². The van der Waals surface area contributed by atoms with Crippen LogP contribution in [0.25, 0.3) is 0 Å². The molecule has 1 atom stereocenters. The van der Waals surface area contributed by atoms with Crippen LogP contribution in [0.5, 0.6) is 0 Å². The highest BCUT2D eigenvalue weighted by Gasteiger charge is 2.36. The lowest BCUT2D eigenvalue weighted by molar-refractivity contribution is -0.115. The molecule has 1 unspecified atom stereocenters. The summed E-state index contributed by atoms with van der Waals surface area (Å²) in [6.07, 6.45) is 3.90. The van der Waals surface area contributed by atoms with Crippen LogP contribution in [0.4, 0.5) is 0 Å². The van der Waals surface area contributed by atoms with Crippen molar-refractivity contribution in [1.82, 2.24) is 5.01 Å². The van der Waals surface area contributed by atoms with Gasteiger partial charge in [0.25, 0.3) is 5.91 Å². The average Bonchev–Trinajstić information content (AvgIpc) is 3.25. The number of carbonyl (C=O) groups is 1. The van der Waals surface area contributed by atoms with Gasteiger partial charge in [-0.1, -0.05) is 11.8 Å². The van der Waals surface area contributed by atoms with E-state index in [2.05, 4.69) is 10.1 Å². The molecule has 0 fully saturated rings.